The van der Waals surface area contributed by atoms with Gasteiger partial charge in [-0.15, -0.1) is 11.6 Å². The molecule has 35 heavy (non-hydrogen) atoms. The lowest BCUT2D eigenvalue weighted by Crippen LogP contribution is -2.77. The van der Waals surface area contributed by atoms with Gasteiger partial charge in [-0.25, -0.2) is 14.2 Å². The van der Waals surface area contributed by atoms with Crippen LogP contribution in [-0.2, 0) is 22.7 Å². The molecular formula is C24H26ClFIN5O3. The van der Waals surface area contributed by atoms with Crippen LogP contribution in [0, 0.1) is 5.82 Å². The number of carbonyl (C=O) groups excluding carboxylic acids is 3. The smallest absolute Gasteiger partial charge is 0.333 e. The fourth-order valence-electron chi connectivity index (χ4n) is 4.47. The molecule has 186 valence electrons. The Bertz CT molecular complexity index is 1070. The van der Waals surface area contributed by atoms with E-state index < -0.39 is 23.6 Å². The SMILES string of the molecule is CC(Cl)[C@H]1C(=O)N(Cc2ccccc2)C[C@H]2N1C(=O)CN(CI)N2C(=O)NCc1ccc(F)cc1. The van der Waals surface area contributed by atoms with Crippen molar-refractivity contribution < 1.29 is 18.8 Å². The lowest BCUT2D eigenvalue weighted by atomic mass is 10.0. The van der Waals surface area contributed by atoms with Gasteiger partial charge < -0.3 is 15.1 Å². The molecule has 0 aliphatic carbocycles. The zero-order chi connectivity index (χ0) is 25.1. The van der Waals surface area contributed by atoms with Crippen molar-refractivity contribution in [2.24, 2.45) is 0 Å². The number of piperazine rings is 1. The largest absolute Gasteiger partial charge is 0.334 e. The number of rotatable bonds is 6. The Kier molecular flexibility index (Phi) is 8.12. The second kappa shape index (κ2) is 11.1. The lowest BCUT2D eigenvalue weighted by Gasteiger charge is -2.55. The molecule has 2 fully saturated rings. The van der Waals surface area contributed by atoms with Crippen LogP contribution in [0.5, 0.6) is 0 Å². The molecular weight excluding hydrogens is 588 g/mol. The van der Waals surface area contributed by atoms with Gasteiger partial charge in [0.2, 0.25) is 11.8 Å². The summed E-state index contributed by atoms with van der Waals surface area (Å²) < 4.78 is 13.6. The average molecular weight is 614 g/mol. The zero-order valence-electron chi connectivity index (χ0n) is 19.1. The predicted octanol–water partition coefficient (Wildman–Crippen LogP) is 3.15. The standard InChI is InChI=1S/C24H26ClFIN5O3/c1-16(25)22-23(34)29(12-18-5-3-2-4-6-18)13-20-31(22)21(33)14-30(15-27)32(20)24(35)28-11-17-7-9-19(26)10-8-17/h2-10,16,20,22H,11-15H2,1H3,(H,28,35)/t16?,20-,22-/m0/s1. The number of nitrogens with zero attached hydrogens (tertiary/aromatic N) is 4. The summed E-state index contributed by atoms with van der Waals surface area (Å²) in [4.78, 5) is 43.1. The van der Waals surface area contributed by atoms with Crippen LogP contribution >= 0.6 is 34.2 Å². The molecule has 1 N–H and O–H groups in total. The first-order valence-corrected chi connectivity index (χ1v) is 13.2. The van der Waals surface area contributed by atoms with E-state index in [0.717, 1.165) is 11.1 Å². The summed E-state index contributed by atoms with van der Waals surface area (Å²) in [6.45, 7) is 2.32. The molecule has 3 atom stereocenters. The molecule has 1 unspecified atom stereocenters. The average Bonchev–Trinajstić information content (AvgIpc) is 2.84. The number of alkyl halides is 2. The molecule has 2 aliphatic rings. The van der Waals surface area contributed by atoms with E-state index in [9.17, 15) is 18.8 Å². The molecule has 2 aromatic rings. The molecule has 0 radical (unpaired) electrons. The van der Waals surface area contributed by atoms with Gasteiger partial charge in [-0.3, -0.25) is 9.59 Å². The van der Waals surface area contributed by atoms with Crippen LogP contribution in [0.2, 0.25) is 0 Å². The number of nitrogens with one attached hydrogen (secondary N) is 1. The van der Waals surface area contributed by atoms with Gasteiger partial charge >= 0.3 is 6.03 Å². The van der Waals surface area contributed by atoms with Crippen LogP contribution in [0.4, 0.5) is 9.18 Å². The molecule has 0 bridgehead atoms. The van der Waals surface area contributed by atoms with E-state index in [-0.39, 0.29) is 37.3 Å². The van der Waals surface area contributed by atoms with E-state index in [0.29, 0.717) is 11.1 Å². The minimum absolute atomic E-state index is 0.0461. The number of halogens is 3. The molecule has 0 spiro atoms. The van der Waals surface area contributed by atoms with Crippen LogP contribution in [0.15, 0.2) is 54.6 Å². The lowest BCUT2D eigenvalue weighted by molar-refractivity contribution is -0.187. The number of benzene rings is 2. The molecule has 2 saturated heterocycles. The van der Waals surface area contributed by atoms with E-state index in [1.807, 2.05) is 30.3 Å². The Labute approximate surface area is 222 Å². The van der Waals surface area contributed by atoms with E-state index >= 15 is 0 Å². The minimum Gasteiger partial charge on any atom is -0.333 e. The van der Waals surface area contributed by atoms with Crippen molar-refractivity contribution >= 4 is 52.0 Å². The second-order valence-electron chi connectivity index (χ2n) is 8.52. The molecule has 0 saturated carbocycles. The summed E-state index contributed by atoms with van der Waals surface area (Å²) in [6.07, 6.45) is -0.716. The molecule has 8 nitrogen and oxygen atoms in total. The Morgan fingerprint density at radius 3 is 2.46 bits per heavy atom. The minimum atomic E-state index is -0.893. The van der Waals surface area contributed by atoms with Gasteiger partial charge in [0.1, 0.15) is 18.0 Å². The maximum Gasteiger partial charge on any atom is 0.334 e. The molecule has 4 amide bonds. The summed E-state index contributed by atoms with van der Waals surface area (Å²) in [5.41, 5.74) is 1.68. The number of carbonyl (C=O) groups is 3. The van der Waals surface area contributed by atoms with Gasteiger partial charge in [-0.05, 0) is 30.2 Å². The van der Waals surface area contributed by atoms with Crippen molar-refractivity contribution in [3.63, 3.8) is 0 Å². The van der Waals surface area contributed by atoms with Crippen molar-refractivity contribution in [2.45, 2.75) is 37.6 Å². The normalized spacial score (nSPS) is 21.7. The number of hydrazine groups is 1. The van der Waals surface area contributed by atoms with Gasteiger partial charge in [0.05, 0.1) is 23.0 Å². The summed E-state index contributed by atoms with van der Waals surface area (Å²) in [5.74, 6) is -0.844. The summed E-state index contributed by atoms with van der Waals surface area (Å²) in [6, 6.07) is 14.1. The van der Waals surface area contributed by atoms with Crippen LogP contribution < -0.4 is 5.32 Å². The van der Waals surface area contributed by atoms with E-state index in [1.165, 1.54) is 22.0 Å². The highest BCUT2D eigenvalue weighted by molar-refractivity contribution is 14.1. The van der Waals surface area contributed by atoms with Crippen molar-refractivity contribution in [1.29, 1.82) is 0 Å². The fourth-order valence-corrected chi connectivity index (χ4v) is 5.27. The number of urea groups is 1. The number of fused-ring (bicyclic) bond motifs is 1. The molecule has 2 heterocycles. The zero-order valence-corrected chi connectivity index (χ0v) is 22.0. The van der Waals surface area contributed by atoms with Gasteiger partial charge in [-0.1, -0.05) is 65.1 Å². The Balaban J connectivity index is 1.62. The van der Waals surface area contributed by atoms with Crippen molar-refractivity contribution in [2.75, 3.05) is 17.6 Å². The third-order valence-electron chi connectivity index (χ3n) is 6.12. The summed E-state index contributed by atoms with van der Waals surface area (Å²) >= 11 is 8.55. The monoisotopic (exact) mass is 613 g/mol. The fraction of sp³-hybridized carbons (Fsp3) is 0.375. The molecule has 2 aromatic carbocycles. The van der Waals surface area contributed by atoms with Crippen molar-refractivity contribution in [3.8, 4) is 0 Å². The van der Waals surface area contributed by atoms with Crippen molar-refractivity contribution in [3.05, 3.63) is 71.5 Å². The second-order valence-corrected chi connectivity index (χ2v) is 9.89. The van der Waals surface area contributed by atoms with Crippen LogP contribution in [-0.4, -0.2) is 72.9 Å². The van der Waals surface area contributed by atoms with Gasteiger partial charge in [0, 0.05) is 13.1 Å². The highest BCUT2D eigenvalue weighted by Crippen LogP contribution is 2.30. The predicted molar refractivity (Wildman–Crippen MR) is 138 cm³/mol. The maximum atomic E-state index is 13.4. The van der Waals surface area contributed by atoms with E-state index in [4.69, 9.17) is 11.6 Å². The molecule has 2 aliphatic heterocycles. The van der Waals surface area contributed by atoms with Gasteiger partial charge in [0.25, 0.3) is 0 Å². The number of hydrogen-bond acceptors (Lipinski definition) is 4. The number of hydrogen-bond donors (Lipinski definition) is 1. The Hall–Kier alpha value is -2.44. The highest BCUT2D eigenvalue weighted by atomic mass is 127. The molecule has 4 rings (SSSR count). The number of amides is 4. The highest BCUT2D eigenvalue weighted by Gasteiger charge is 2.52. The van der Waals surface area contributed by atoms with Crippen molar-refractivity contribution in [1.82, 2.24) is 25.1 Å². The van der Waals surface area contributed by atoms with E-state index in [2.05, 4.69) is 27.9 Å². The first kappa shape index (κ1) is 25.6. The van der Waals surface area contributed by atoms with Gasteiger partial charge in [-0.2, -0.15) is 5.01 Å². The summed E-state index contributed by atoms with van der Waals surface area (Å²) in [5, 5.41) is 5.39. The Morgan fingerprint density at radius 2 is 1.83 bits per heavy atom. The topological polar surface area (TPSA) is 76.2 Å². The molecule has 0 aromatic heterocycles. The third-order valence-corrected chi connectivity index (χ3v) is 7.14. The quantitative estimate of drug-likeness (QED) is 0.309. The van der Waals surface area contributed by atoms with Crippen LogP contribution in [0.3, 0.4) is 0 Å². The maximum absolute atomic E-state index is 13.4. The first-order chi connectivity index (χ1) is 16.8. The molecule has 11 heteroatoms. The van der Waals surface area contributed by atoms with Crippen LogP contribution in [0.25, 0.3) is 0 Å². The Morgan fingerprint density at radius 1 is 1.14 bits per heavy atom. The van der Waals surface area contributed by atoms with E-state index in [1.54, 1.807) is 29.0 Å². The third kappa shape index (κ3) is 5.54. The van der Waals surface area contributed by atoms with Gasteiger partial charge in [0.15, 0.2) is 0 Å². The first-order valence-electron chi connectivity index (χ1n) is 11.2. The van der Waals surface area contributed by atoms with Crippen LogP contribution in [0.1, 0.15) is 18.1 Å². The summed E-state index contributed by atoms with van der Waals surface area (Å²) in [7, 11) is 0.